The van der Waals surface area contributed by atoms with Crippen LogP contribution in [-0.4, -0.2) is 48.3 Å². The standard InChI is InChI=1S/C16H23NO4/c1-11(2)8-13(16(18)19)17(3)9-12-10-20-14-6-4-5-7-15(14)21-12/h4-7,11-13H,8-10H2,1-3H3,(H,18,19). The first-order valence-corrected chi connectivity index (χ1v) is 7.29. The highest BCUT2D eigenvalue weighted by Crippen LogP contribution is 2.31. The zero-order valence-corrected chi connectivity index (χ0v) is 12.8. The lowest BCUT2D eigenvalue weighted by molar-refractivity contribution is -0.144. The van der Waals surface area contributed by atoms with Gasteiger partial charge < -0.3 is 14.6 Å². The highest BCUT2D eigenvalue weighted by molar-refractivity contribution is 5.73. The van der Waals surface area contributed by atoms with Crippen molar-refractivity contribution in [2.24, 2.45) is 5.92 Å². The Bertz CT molecular complexity index is 489. The fourth-order valence-corrected chi connectivity index (χ4v) is 2.52. The quantitative estimate of drug-likeness (QED) is 0.872. The molecule has 0 saturated heterocycles. The molecule has 1 aromatic carbocycles. The van der Waals surface area contributed by atoms with Crippen LogP contribution in [0.5, 0.6) is 11.5 Å². The number of likely N-dealkylation sites (N-methyl/N-ethyl adjacent to an activating group) is 1. The van der Waals surface area contributed by atoms with Gasteiger partial charge in [-0.15, -0.1) is 0 Å². The van der Waals surface area contributed by atoms with Gasteiger partial charge in [0.1, 0.15) is 18.8 Å². The average Bonchev–Trinajstić information content (AvgIpc) is 2.44. The summed E-state index contributed by atoms with van der Waals surface area (Å²) in [6, 6.07) is 7.04. The van der Waals surface area contributed by atoms with E-state index in [4.69, 9.17) is 9.47 Å². The number of hydrogen-bond donors (Lipinski definition) is 1. The third-order valence-electron chi connectivity index (χ3n) is 3.57. The van der Waals surface area contributed by atoms with Crippen molar-refractivity contribution in [2.75, 3.05) is 20.2 Å². The molecule has 1 aromatic rings. The molecule has 0 aromatic heterocycles. The molecule has 1 N–H and O–H groups in total. The second-order valence-corrected chi connectivity index (χ2v) is 5.92. The van der Waals surface area contributed by atoms with Gasteiger partial charge in [-0.25, -0.2) is 0 Å². The minimum atomic E-state index is -0.789. The van der Waals surface area contributed by atoms with Gasteiger partial charge in [0, 0.05) is 6.54 Å². The zero-order chi connectivity index (χ0) is 15.4. The molecule has 0 aliphatic carbocycles. The molecule has 2 unspecified atom stereocenters. The van der Waals surface area contributed by atoms with E-state index in [0.717, 1.165) is 11.5 Å². The monoisotopic (exact) mass is 293 g/mol. The molecular weight excluding hydrogens is 270 g/mol. The summed E-state index contributed by atoms with van der Waals surface area (Å²) in [6.07, 6.45) is 0.467. The number of carboxylic acids is 1. The number of nitrogens with zero attached hydrogens (tertiary/aromatic N) is 1. The van der Waals surface area contributed by atoms with Gasteiger partial charge in [0.2, 0.25) is 0 Å². The van der Waals surface area contributed by atoms with Crippen molar-refractivity contribution < 1.29 is 19.4 Å². The van der Waals surface area contributed by atoms with Crippen molar-refractivity contribution >= 4 is 5.97 Å². The third-order valence-corrected chi connectivity index (χ3v) is 3.57. The van der Waals surface area contributed by atoms with E-state index in [1.54, 1.807) is 0 Å². The van der Waals surface area contributed by atoms with Gasteiger partial charge >= 0.3 is 5.97 Å². The molecule has 0 radical (unpaired) electrons. The molecular formula is C16H23NO4. The Kier molecular flexibility index (Phi) is 5.07. The molecule has 5 nitrogen and oxygen atoms in total. The van der Waals surface area contributed by atoms with Crippen LogP contribution in [0.3, 0.4) is 0 Å². The summed E-state index contributed by atoms with van der Waals surface area (Å²) in [4.78, 5) is 13.2. The van der Waals surface area contributed by atoms with Gasteiger partial charge in [0.05, 0.1) is 0 Å². The average molecular weight is 293 g/mol. The van der Waals surface area contributed by atoms with Gasteiger partial charge in [0.25, 0.3) is 0 Å². The molecule has 2 atom stereocenters. The lowest BCUT2D eigenvalue weighted by atomic mass is 10.0. The number of hydrogen-bond acceptors (Lipinski definition) is 4. The number of carbonyl (C=O) groups is 1. The van der Waals surface area contributed by atoms with Crippen LogP contribution in [0, 0.1) is 5.92 Å². The predicted octanol–water partition coefficient (Wildman–Crippen LogP) is 2.26. The molecule has 1 aliphatic rings. The normalized spacial score (nSPS) is 18.8. The minimum absolute atomic E-state index is 0.154. The van der Waals surface area contributed by atoms with Crippen LogP contribution >= 0.6 is 0 Å². The lowest BCUT2D eigenvalue weighted by Gasteiger charge is -2.32. The maximum atomic E-state index is 11.4. The number of fused-ring (bicyclic) bond motifs is 1. The number of ether oxygens (including phenoxy) is 2. The van der Waals surface area contributed by atoms with Crippen LogP contribution in [0.4, 0.5) is 0 Å². The second-order valence-electron chi connectivity index (χ2n) is 5.92. The number of para-hydroxylation sites is 2. The Morgan fingerprint density at radius 3 is 2.67 bits per heavy atom. The van der Waals surface area contributed by atoms with Gasteiger partial charge in [0.15, 0.2) is 11.5 Å². The van der Waals surface area contributed by atoms with E-state index in [0.29, 0.717) is 25.5 Å². The van der Waals surface area contributed by atoms with E-state index in [1.807, 2.05) is 50.1 Å². The SMILES string of the molecule is CC(C)CC(C(=O)O)N(C)CC1COc2ccccc2O1. The van der Waals surface area contributed by atoms with Crippen LogP contribution in [0.2, 0.25) is 0 Å². The first-order chi connectivity index (χ1) is 9.97. The van der Waals surface area contributed by atoms with Crippen LogP contribution < -0.4 is 9.47 Å². The van der Waals surface area contributed by atoms with Crippen molar-refractivity contribution in [1.82, 2.24) is 4.90 Å². The maximum Gasteiger partial charge on any atom is 0.320 e. The van der Waals surface area contributed by atoms with E-state index < -0.39 is 12.0 Å². The highest BCUT2D eigenvalue weighted by Gasteiger charge is 2.28. The molecule has 5 heteroatoms. The lowest BCUT2D eigenvalue weighted by Crippen LogP contribution is -2.46. The first kappa shape index (κ1) is 15.6. The Balaban J connectivity index is 1.96. The summed E-state index contributed by atoms with van der Waals surface area (Å²) in [5, 5.41) is 9.37. The molecule has 2 rings (SSSR count). The van der Waals surface area contributed by atoms with Crippen LogP contribution in [0.1, 0.15) is 20.3 Å². The number of benzene rings is 1. The van der Waals surface area contributed by atoms with Crippen molar-refractivity contribution in [3.63, 3.8) is 0 Å². The summed E-state index contributed by atoms with van der Waals surface area (Å²) in [6.45, 7) is 5.02. The Labute approximate surface area is 125 Å². The summed E-state index contributed by atoms with van der Waals surface area (Å²) >= 11 is 0. The molecule has 21 heavy (non-hydrogen) atoms. The van der Waals surface area contributed by atoms with E-state index in [9.17, 15) is 9.90 Å². The minimum Gasteiger partial charge on any atom is -0.486 e. The first-order valence-electron chi connectivity index (χ1n) is 7.29. The van der Waals surface area contributed by atoms with E-state index in [1.165, 1.54) is 0 Å². The molecule has 1 heterocycles. The summed E-state index contributed by atoms with van der Waals surface area (Å²) < 4.78 is 11.5. The Morgan fingerprint density at radius 2 is 2.05 bits per heavy atom. The molecule has 0 fully saturated rings. The largest absolute Gasteiger partial charge is 0.486 e. The molecule has 0 spiro atoms. The molecule has 1 aliphatic heterocycles. The van der Waals surface area contributed by atoms with Crippen LogP contribution in [0.25, 0.3) is 0 Å². The van der Waals surface area contributed by atoms with Gasteiger partial charge in [-0.05, 0) is 31.5 Å². The summed E-state index contributed by atoms with van der Waals surface area (Å²) in [5.74, 6) is 1.01. The Morgan fingerprint density at radius 1 is 1.38 bits per heavy atom. The number of aliphatic carboxylic acids is 1. The van der Waals surface area contributed by atoms with Gasteiger partial charge in [-0.1, -0.05) is 26.0 Å². The topological polar surface area (TPSA) is 59.0 Å². The number of rotatable bonds is 6. The van der Waals surface area contributed by atoms with Crippen LogP contribution in [-0.2, 0) is 4.79 Å². The zero-order valence-electron chi connectivity index (χ0n) is 12.8. The van der Waals surface area contributed by atoms with E-state index in [2.05, 4.69) is 0 Å². The highest BCUT2D eigenvalue weighted by atomic mass is 16.6. The Hall–Kier alpha value is -1.75. The summed E-state index contributed by atoms with van der Waals surface area (Å²) in [5.41, 5.74) is 0. The van der Waals surface area contributed by atoms with Gasteiger partial charge in [-0.2, -0.15) is 0 Å². The molecule has 0 amide bonds. The fourth-order valence-electron chi connectivity index (χ4n) is 2.52. The number of carboxylic acid groups (broad SMARTS) is 1. The second kappa shape index (κ2) is 6.80. The molecule has 116 valence electrons. The van der Waals surface area contributed by atoms with Crippen molar-refractivity contribution in [2.45, 2.75) is 32.4 Å². The van der Waals surface area contributed by atoms with Crippen molar-refractivity contribution in [3.8, 4) is 11.5 Å². The third kappa shape index (κ3) is 4.11. The van der Waals surface area contributed by atoms with Crippen LogP contribution in [0.15, 0.2) is 24.3 Å². The summed E-state index contributed by atoms with van der Waals surface area (Å²) in [7, 11) is 1.82. The smallest absolute Gasteiger partial charge is 0.320 e. The van der Waals surface area contributed by atoms with Gasteiger partial charge in [-0.3, -0.25) is 9.69 Å². The fraction of sp³-hybridized carbons (Fsp3) is 0.562. The van der Waals surface area contributed by atoms with Crippen molar-refractivity contribution in [3.05, 3.63) is 24.3 Å². The maximum absolute atomic E-state index is 11.4. The van der Waals surface area contributed by atoms with Crippen molar-refractivity contribution in [1.29, 1.82) is 0 Å². The van der Waals surface area contributed by atoms with E-state index in [-0.39, 0.29) is 6.10 Å². The van der Waals surface area contributed by atoms with E-state index >= 15 is 0 Å². The molecule has 0 saturated carbocycles. The predicted molar refractivity (Wildman–Crippen MR) is 79.9 cm³/mol. The molecule has 0 bridgehead atoms.